The number of fused-ring (bicyclic) bond motifs is 2. The van der Waals surface area contributed by atoms with Gasteiger partial charge in [0.2, 0.25) is 5.91 Å². The van der Waals surface area contributed by atoms with Crippen LogP contribution in [0.3, 0.4) is 0 Å². The summed E-state index contributed by atoms with van der Waals surface area (Å²) in [6.45, 7) is -0.130. The van der Waals surface area contributed by atoms with E-state index in [1.165, 1.54) is 24.8 Å². The van der Waals surface area contributed by atoms with Crippen molar-refractivity contribution >= 4 is 30.7 Å². The molecule has 24 heavy (non-hydrogen) atoms. The second-order valence-corrected chi connectivity index (χ2v) is 6.74. The molecule has 2 aliphatic heterocycles. The van der Waals surface area contributed by atoms with Crippen LogP contribution in [0.25, 0.3) is 0 Å². The number of nitrogens with zero attached hydrogens (tertiary/aromatic N) is 1. The Morgan fingerprint density at radius 3 is 2.33 bits per heavy atom. The summed E-state index contributed by atoms with van der Waals surface area (Å²) >= 11 is 0. The van der Waals surface area contributed by atoms with E-state index in [0.717, 1.165) is 12.8 Å². The van der Waals surface area contributed by atoms with Crippen LogP contribution in [-0.2, 0) is 4.79 Å². The van der Waals surface area contributed by atoms with Gasteiger partial charge in [-0.05, 0) is 51.6 Å². The maximum atomic E-state index is 12.2. The van der Waals surface area contributed by atoms with Crippen LogP contribution in [0.2, 0.25) is 0 Å². The number of piperidine rings is 1. The predicted molar refractivity (Wildman–Crippen MR) is 93.0 cm³/mol. The summed E-state index contributed by atoms with van der Waals surface area (Å²) in [4.78, 5) is 13.1. The summed E-state index contributed by atoms with van der Waals surface area (Å²) in [5.41, 5.74) is 0. The Kier molecular flexibility index (Phi) is 10.6. The highest BCUT2D eigenvalue weighted by atomic mass is 35.5. The Morgan fingerprint density at radius 1 is 1.21 bits per heavy atom. The molecule has 2 fully saturated rings. The van der Waals surface area contributed by atoms with Crippen molar-refractivity contribution in [3.8, 4) is 0 Å². The third kappa shape index (κ3) is 8.74. The summed E-state index contributed by atoms with van der Waals surface area (Å²) in [6.07, 6.45) is 1.49. The number of hydrogen-bond donors (Lipinski definition) is 2. The lowest BCUT2D eigenvalue weighted by Crippen LogP contribution is -2.40. The van der Waals surface area contributed by atoms with Gasteiger partial charge >= 0.3 is 6.18 Å². The Hall–Kier alpha value is -0.240. The van der Waals surface area contributed by atoms with Gasteiger partial charge in [0, 0.05) is 25.0 Å². The van der Waals surface area contributed by atoms with Crippen LogP contribution in [0, 0.1) is 5.92 Å². The fraction of sp³-hybridized carbons (Fsp3) is 0.933. The van der Waals surface area contributed by atoms with Crippen LogP contribution >= 0.6 is 24.8 Å². The van der Waals surface area contributed by atoms with Crippen molar-refractivity contribution in [2.45, 2.75) is 56.8 Å². The van der Waals surface area contributed by atoms with E-state index in [-0.39, 0.29) is 30.7 Å². The largest absolute Gasteiger partial charge is 0.401 e. The number of amides is 1. The molecule has 9 heteroatoms. The van der Waals surface area contributed by atoms with Crippen molar-refractivity contribution in [3.05, 3.63) is 0 Å². The lowest BCUT2D eigenvalue weighted by molar-refractivity contribution is -0.143. The first-order valence-electron chi connectivity index (χ1n) is 8.10. The standard InChI is InChI=1S/C15H26F3N3O.2ClH/c1-21(10-15(16,17)18)6-2-5-19-14(22)9-11-7-12-3-4-13(8-11)20-12;;/h11-13,20H,2-10H2,1H3,(H,19,22);2*1H. The maximum absolute atomic E-state index is 12.2. The van der Waals surface area contributed by atoms with Gasteiger partial charge in [0.25, 0.3) is 0 Å². The first-order chi connectivity index (χ1) is 10.3. The van der Waals surface area contributed by atoms with E-state index < -0.39 is 12.7 Å². The minimum atomic E-state index is -4.16. The molecule has 0 aromatic heterocycles. The zero-order valence-electron chi connectivity index (χ0n) is 13.9. The van der Waals surface area contributed by atoms with E-state index in [4.69, 9.17) is 0 Å². The monoisotopic (exact) mass is 393 g/mol. The van der Waals surface area contributed by atoms with Gasteiger partial charge in [0.1, 0.15) is 0 Å². The Labute approximate surface area is 154 Å². The topological polar surface area (TPSA) is 44.4 Å². The van der Waals surface area contributed by atoms with Crippen LogP contribution in [-0.4, -0.2) is 55.7 Å². The quantitative estimate of drug-likeness (QED) is 0.653. The van der Waals surface area contributed by atoms with Crippen molar-refractivity contribution in [2.75, 3.05) is 26.7 Å². The normalized spacial score (nSPS) is 25.8. The summed E-state index contributed by atoms with van der Waals surface area (Å²) in [5, 5.41) is 6.38. The van der Waals surface area contributed by atoms with Crippen molar-refractivity contribution in [1.82, 2.24) is 15.5 Å². The number of rotatable bonds is 7. The summed E-state index contributed by atoms with van der Waals surface area (Å²) in [6, 6.07) is 1.15. The van der Waals surface area contributed by atoms with E-state index >= 15 is 0 Å². The molecule has 0 aromatic carbocycles. The number of hydrogen-bond acceptors (Lipinski definition) is 3. The number of carbonyl (C=O) groups excluding carboxylic acids is 1. The van der Waals surface area contributed by atoms with E-state index in [2.05, 4.69) is 10.6 Å². The van der Waals surface area contributed by atoms with E-state index in [0.29, 0.717) is 43.9 Å². The average molecular weight is 394 g/mol. The third-order valence-electron chi connectivity index (χ3n) is 4.53. The smallest absolute Gasteiger partial charge is 0.356 e. The molecule has 1 amide bonds. The number of carbonyl (C=O) groups is 1. The highest BCUT2D eigenvalue weighted by molar-refractivity contribution is 5.85. The van der Waals surface area contributed by atoms with Crippen LogP contribution < -0.4 is 10.6 Å². The van der Waals surface area contributed by atoms with Gasteiger partial charge in [0.05, 0.1) is 6.54 Å². The molecule has 2 heterocycles. The van der Waals surface area contributed by atoms with Gasteiger partial charge in [-0.3, -0.25) is 9.69 Å². The second kappa shape index (κ2) is 10.7. The lowest BCUT2D eigenvalue weighted by atomic mass is 9.89. The van der Waals surface area contributed by atoms with Crippen LogP contribution in [0.1, 0.15) is 38.5 Å². The fourth-order valence-corrected chi connectivity index (χ4v) is 3.64. The number of nitrogens with one attached hydrogen (secondary N) is 2. The third-order valence-corrected chi connectivity index (χ3v) is 4.53. The van der Waals surface area contributed by atoms with Crippen molar-refractivity contribution in [3.63, 3.8) is 0 Å². The molecule has 2 N–H and O–H groups in total. The molecule has 0 aliphatic carbocycles. The average Bonchev–Trinajstić information content (AvgIpc) is 2.72. The SMILES string of the molecule is CN(CCCNC(=O)CC1CC2CCC(C1)N2)CC(F)(F)F.Cl.Cl. The maximum Gasteiger partial charge on any atom is 0.401 e. The number of halogens is 5. The molecule has 0 saturated carbocycles. The highest BCUT2D eigenvalue weighted by Gasteiger charge is 2.34. The highest BCUT2D eigenvalue weighted by Crippen LogP contribution is 2.32. The molecule has 2 rings (SSSR count). The van der Waals surface area contributed by atoms with E-state index in [1.807, 2.05) is 0 Å². The molecule has 2 unspecified atom stereocenters. The minimum Gasteiger partial charge on any atom is -0.356 e. The molecular weight excluding hydrogens is 366 g/mol. The molecule has 144 valence electrons. The Bertz CT molecular complexity index is 373. The zero-order valence-corrected chi connectivity index (χ0v) is 15.5. The van der Waals surface area contributed by atoms with E-state index in [1.54, 1.807) is 0 Å². The Balaban J connectivity index is 0.00000264. The van der Waals surface area contributed by atoms with E-state index in [9.17, 15) is 18.0 Å². The molecule has 0 radical (unpaired) electrons. The fourth-order valence-electron chi connectivity index (χ4n) is 3.64. The van der Waals surface area contributed by atoms with Gasteiger partial charge < -0.3 is 10.6 Å². The minimum absolute atomic E-state index is 0. The molecule has 2 saturated heterocycles. The molecule has 0 spiro atoms. The van der Waals surface area contributed by atoms with Gasteiger partial charge in [0.15, 0.2) is 0 Å². The van der Waals surface area contributed by atoms with Gasteiger partial charge in [-0.1, -0.05) is 0 Å². The molecular formula is C15H28Cl2F3N3O. The second-order valence-electron chi connectivity index (χ2n) is 6.74. The van der Waals surface area contributed by atoms with Gasteiger partial charge in [-0.25, -0.2) is 0 Å². The van der Waals surface area contributed by atoms with Crippen molar-refractivity contribution in [2.24, 2.45) is 5.92 Å². The lowest BCUT2D eigenvalue weighted by Gasteiger charge is -2.28. The van der Waals surface area contributed by atoms with Crippen molar-refractivity contribution < 1.29 is 18.0 Å². The van der Waals surface area contributed by atoms with Crippen molar-refractivity contribution in [1.29, 1.82) is 0 Å². The molecule has 0 aromatic rings. The van der Waals surface area contributed by atoms with Crippen LogP contribution in [0.5, 0.6) is 0 Å². The van der Waals surface area contributed by atoms with Crippen LogP contribution in [0.4, 0.5) is 13.2 Å². The first-order valence-corrected chi connectivity index (χ1v) is 8.10. The summed E-state index contributed by atoms with van der Waals surface area (Å²) in [5.74, 6) is 0.483. The van der Waals surface area contributed by atoms with Gasteiger partial charge in [-0.15, -0.1) is 24.8 Å². The molecule has 2 atom stereocenters. The van der Waals surface area contributed by atoms with Crippen LogP contribution in [0.15, 0.2) is 0 Å². The molecule has 4 nitrogen and oxygen atoms in total. The molecule has 2 bridgehead atoms. The summed E-state index contributed by atoms with van der Waals surface area (Å²) in [7, 11) is 1.44. The number of alkyl halides is 3. The predicted octanol–water partition coefficient (Wildman–Crippen LogP) is 2.75. The van der Waals surface area contributed by atoms with Gasteiger partial charge in [-0.2, -0.15) is 13.2 Å². The first kappa shape index (κ1) is 23.8. The zero-order chi connectivity index (χ0) is 16.2. The Morgan fingerprint density at radius 2 is 1.79 bits per heavy atom. The molecule has 2 aliphatic rings. The summed E-state index contributed by atoms with van der Waals surface area (Å²) < 4.78 is 36.5.